The van der Waals surface area contributed by atoms with Crippen LogP contribution in [0.3, 0.4) is 0 Å². The van der Waals surface area contributed by atoms with Crippen LogP contribution in [0.15, 0.2) is 60.7 Å². The molecule has 0 heterocycles. The maximum Gasteiger partial charge on any atom is 0.325 e. The van der Waals surface area contributed by atoms with E-state index in [-0.39, 0.29) is 19.0 Å². The predicted molar refractivity (Wildman–Crippen MR) is 84.7 cm³/mol. The van der Waals surface area contributed by atoms with E-state index in [1.807, 2.05) is 30.3 Å². The molecular formula is C18H16FNO3. The van der Waals surface area contributed by atoms with Crippen LogP contribution < -0.4 is 5.32 Å². The highest BCUT2D eigenvalue weighted by atomic mass is 19.1. The Kier molecular flexibility index (Phi) is 6.06. The van der Waals surface area contributed by atoms with Crippen molar-refractivity contribution in [1.29, 1.82) is 0 Å². The Morgan fingerprint density at radius 3 is 2.61 bits per heavy atom. The van der Waals surface area contributed by atoms with Gasteiger partial charge in [-0.3, -0.25) is 9.59 Å². The number of carbonyl (C=O) groups excluding carboxylic acids is 2. The second kappa shape index (κ2) is 8.48. The van der Waals surface area contributed by atoms with Gasteiger partial charge in [0, 0.05) is 6.08 Å². The Morgan fingerprint density at radius 1 is 1.09 bits per heavy atom. The van der Waals surface area contributed by atoms with Crippen molar-refractivity contribution in [3.8, 4) is 0 Å². The highest BCUT2D eigenvalue weighted by molar-refractivity contribution is 5.93. The summed E-state index contributed by atoms with van der Waals surface area (Å²) in [4.78, 5) is 23.1. The van der Waals surface area contributed by atoms with Crippen molar-refractivity contribution in [3.05, 3.63) is 77.6 Å². The normalized spacial score (nSPS) is 10.5. The Balaban J connectivity index is 1.72. The SMILES string of the molecule is O=C(/C=C/c1cccc(F)c1)NCC(=O)OCc1ccccc1. The molecule has 2 aromatic carbocycles. The monoisotopic (exact) mass is 313 g/mol. The summed E-state index contributed by atoms with van der Waals surface area (Å²) in [6.45, 7) is -0.0617. The largest absolute Gasteiger partial charge is 0.460 e. The van der Waals surface area contributed by atoms with Gasteiger partial charge in [0.2, 0.25) is 5.91 Å². The standard InChI is InChI=1S/C18H16FNO3/c19-16-8-4-7-14(11-16)9-10-17(21)20-12-18(22)23-13-15-5-2-1-3-6-15/h1-11H,12-13H2,(H,20,21)/b10-9+. The van der Waals surface area contributed by atoms with E-state index in [0.29, 0.717) is 5.56 Å². The van der Waals surface area contributed by atoms with Crippen molar-refractivity contribution in [2.45, 2.75) is 6.61 Å². The zero-order valence-corrected chi connectivity index (χ0v) is 12.4. The lowest BCUT2D eigenvalue weighted by atomic mass is 10.2. The lowest BCUT2D eigenvalue weighted by Crippen LogP contribution is -2.29. The predicted octanol–water partition coefficient (Wildman–Crippen LogP) is 2.70. The molecule has 0 aliphatic carbocycles. The highest BCUT2D eigenvalue weighted by Gasteiger charge is 2.05. The van der Waals surface area contributed by atoms with Gasteiger partial charge in [0.15, 0.2) is 0 Å². The molecule has 0 unspecified atom stereocenters. The van der Waals surface area contributed by atoms with Gasteiger partial charge in [-0.1, -0.05) is 42.5 Å². The van der Waals surface area contributed by atoms with E-state index in [4.69, 9.17) is 4.74 Å². The van der Waals surface area contributed by atoms with Crippen molar-refractivity contribution in [3.63, 3.8) is 0 Å². The number of nitrogens with one attached hydrogen (secondary N) is 1. The topological polar surface area (TPSA) is 55.4 Å². The van der Waals surface area contributed by atoms with E-state index in [2.05, 4.69) is 5.32 Å². The van der Waals surface area contributed by atoms with Crippen molar-refractivity contribution in [1.82, 2.24) is 5.32 Å². The summed E-state index contributed by atoms with van der Waals surface area (Å²) >= 11 is 0. The molecule has 5 heteroatoms. The lowest BCUT2D eigenvalue weighted by molar-refractivity contribution is -0.144. The van der Waals surface area contributed by atoms with Crippen LogP contribution in [0.1, 0.15) is 11.1 Å². The first-order valence-corrected chi connectivity index (χ1v) is 7.04. The maximum atomic E-state index is 13.0. The summed E-state index contributed by atoms with van der Waals surface area (Å²) in [6, 6.07) is 15.1. The molecule has 1 amide bonds. The van der Waals surface area contributed by atoms with Gasteiger partial charge in [-0.25, -0.2) is 4.39 Å². The molecule has 1 N–H and O–H groups in total. The molecule has 0 fully saturated rings. The van der Waals surface area contributed by atoms with E-state index < -0.39 is 11.9 Å². The fourth-order valence-corrected chi connectivity index (χ4v) is 1.79. The van der Waals surface area contributed by atoms with Gasteiger partial charge in [-0.15, -0.1) is 0 Å². The van der Waals surface area contributed by atoms with E-state index in [0.717, 1.165) is 5.56 Å². The average molecular weight is 313 g/mol. The van der Waals surface area contributed by atoms with Gasteiger partial charge in [-0.05, 0) is 29.3 Å². The van der Waals surface area contributed by atoms with Gasteiger partial charge < -0.3 is 10.1 Å². The highest BCUT2D eigenvalue weighted by Crippen LogP contribution is 2.05. The van der Waals surface area contributed by atoms with Crippen molar-refractivity contribution in [2.75, 3.05) is 6.54 Å². The summed E-state index contributed by atoms with van der Waals surface area (Å²) in [6.07, 6.45) is 2.70. The second-order valence-electron chi connectivity index (χ2n) is 4.75. The molecule has 0 saturated carbocycles. The lowest BCUT2D eigenvalue weighted by Gasteiger charge is -2.05. The Bertz CT molecular complexity index is 698. The summed E-state index contributed by atoms with van der Waals surface area (Å²) in [5.74, 6) is -1.36. The zero-order chi connectivity index (χ0) is 16.5. The number of rotatable bonds is 6. The van der Waals surface area contributed by atoms with Crippen LogP contribution in [-0.4, -0.2) is 18.4 Å². The van der Waals surface area contributed by atoms with Crippen LogP contribution in [0.2, 0.25) is 0 Å². The summed E-state index contributed by atoms with van der Waals surface area (Å²) in [5, 5.41) is 2.41. The summed E-state index contributed by atoms with van der Waals surface area (Å²) in [7, 11) is 0. The molecule has 0 spiro atoms. The number of amides is 1. The van der Waals surface area contributed by atoms with E-state index in [1.165, 1.54) is 24.3 Å². The molecule has 0 bridgehead atoms. The first kappa shape index (κ1) is 16.4. The molecule has 4 nitrogen and oxygen atoms in total. The minimum atomic E-state index is -0.527. The third-order valence-corrected chi connectivity index (χ3v) is 2.93. The molecule has 2 rings (SSSR count). The molecule has 118 valence electrons. The smallest absolute Gasteiger partial charge is 0.325 e. The Labute approximate surface area is 133 Å². The number of benzene rings is 2. The molecule has 0 aromatic heterocycles. The van der Waals surface area contributed by atoms with Crippen LogP contribution in [-0.2, 0) is 20.9 Å². The van der Waals surface area contributed by atoms with E-state index >= 15 is 0 Å². The molecule has 0 atom stereocenters. The third-order valence-electron chi connectivity index (χ3n) is 2.93. The van der Waals surface area contributed by atoms with Gasteiger partial charge in [0.25, 0.3) is 0 Å². The fourth-order valence-electron chi connectivity index (χ4n) is 1.79. The Hall–Kier alpha value is -2.95. The zero-order valence-electron chi connectivity index (χ0n) is 12.4. The van der Waals surface area contributed by atoms with Crippen molar-refractivity contribution >= 4 is 18.0 Å². The number of ether oxygens (including phenoxy) is 1. The molecule has 0 aliphatic heterocycles. The quantitative estimate of drug-likeness (QED) is 0.659. The van der Waals surface area contributed by atoms with Crippen LogP contribution >= 0.6 is 0 Å². The minimum Gasteiger partial charge on any atom is -0.460 e. The van der Waals surface area contributed by atoms with Gasteiger partial charge >= 0.3 is 5.97 Å². The minimum absolute atomic E-state index is 0.161. The van der Waals surface area contributed by atoms with Crippen LogP contribution in [0, 0.1) is 5.82 Å². The molecule has 0 saturated heterocycles. The first-order valence-electron chi connectivity index (χ1n) is 7.04. The first-order chi connectivity index (χ1) is 11.1. The van der Waals surface area contributed by atoms with Gasteiger partial charge in [-0.2, -0.15) is 0 Å². The fraction of sp³-hybridized carbons (Fsp3) is 0.111. The molecular weight excluding hydrogens is 297 g/mol. The maximum absolute atomic E-state index is 13.0. The third kappa shape index (κ3) is 6.13. The number of halogens is 1. The average Bonchev–Trinajstić information content (AvgIpc) is 2.57. The molecule has 0 radical (unpaired) electrons. The van der Waals surface area contributed by atoms with E-state index in [9.17, 15) is 14.0 Å². The Morgan fingerprint density at radius 2 is 1.87 bits per heavy atom. The van der Waals surface area contributed by atoms with Crippen LogP contribution in [0.25, 0.3) is 6.08 Å². The molecule has 0 aliphatic rings. The van der Waals surface area contributed by atoms with Gasteiger partial charge in [0.1, 0.15) is 19.0 Å². The van der Waals surface area contributed by atoms with Crippen LogP contribution in [0.4, 0.5) is 4.39 Å². The summed E-state index contributed by atoms with van der Waals surface area (Å²) in [5.41, 5.74) is 1.44. The van der Waals surface area contributed by atoms with Gasteiger partial charge in [0.05, 0.1) is 0 Å². The number of hydrogen-bond acceptors (Lipinski definition) is 3. The second-order valence-corrected chi connectivity index (χ2v) is 4.75. The molecule has 23 heavy (non-hydrogen) atoms. The number of carbonyl (C=O) groups is 2. The number of esters is 1. The number of hydrogen-bond donors (Lipinski definition) is 1. The summed E-state index contributed by atoms with van der Waals surface area (Å²) < 4.78 is 18.0. The van der Waals surface area contributed by atoms with E-state index in [1.54, 1.807) is 12.1 Å². The molecule has 2 aromatic rings. The van der Waals surface area contributed by atoms with Crippen molar-refractivity contribution in [2.24, 2.45) is 0 Å². The van der Waals surface area contributed by atoms with Crippen LogP contribution in [0.5, 0.6) is 0 Å². The van der Waals surface area contributed by atoms with Crippen molar-refractivity contribution < 1.29 is 18.7 Å².